The molecular formula is C9H9N3O2S. The van der Waals surface area contributed by atoms with Crippen molar-refractivity contribution in [2.45, 2.75) is 0 Å². The van der Waals surface area contributed by atoms with Gasteiger partial charge in [-0.05, 0) is 6.07 Å². The molecule has 6 heteroatoms. The number of hydrogen-bond acceptors (Lipinski definition) is 5. The maximum Gasteiger partial charge on any atom is 0.273 e. The molecule has 0 saturated heterocycles. The summed E-state index contributed by atoms with van der Waals surface area (Å²) in [6.45, 7) is 0. The topological polar surface area (TPSA) is 57.0 Å². The van der Waals surface area contributed by atoms with Crippen LogP contribution in [-0.2, 0) is 7.05 Å². The minimum absolute atomic E-state index is 0.0872. The Balaban J connectivity index is 2.32. The Kier molecular flexibility index (Phi) is 2.51. The summed E-state index contributed by atoms with van der Waals surface area (Å²) < 4.78 is 6.46. The average Bonchev–Trinajstić information content (AvgIpc) is 2.84. The number of ether oxygens (including phenoxy) is 1. The van der Waals surface area contributed by atoms with Crippen molar-refractivity contribution in [2.75, 3.05) is 7.11 Å². The number of aryl methyl sites for hydroxylation is 1. The SMILES string of the molecule is COc1ncc(C(=O)c2ccnn2C)s1. The van der Waals surface area contributed by atoms with Gasteiger partial charge in [0.1, 0.15) is 10.6 Å². The van der Waals surface area contributed by atoms with Crippen molar-refractivity contribution < 1.29 is 9.53 Å². The van der Waals surface area contributed by atoms with Crippen LogP contribution in [0.15, 0.2) is 18.5 Å². The highest BCUT2D eigenvalue weighted by Crippen LogP contribution is 2.22. The van der Waals surface area contributed by atoms with Crippen molar-refractivity contribution in [1.29, 1.82) is 0 Å². The summed E-state index contributed by atoms with van der Waals surface area (Å²) in [4.78, 5) is 16.4. The number of nitrogens with zero attached hydrogens (tertiary/aromatic N) is 3. The molecule has 0 radical (unpaired) electrons. The van der Waals surface area contributed by atoms with Gasteiger partial charge in [-0.25, -0.2) is 4.98 Å². The highest BCUT2D eigenvalue weighted by Gasteiger charge is 2.15. The van der Waals surface area contributed by atoms with Gasteiger partial charge in [-0.2, -0.15) is 5.10 Å². The Morgan fingerprint density at radius 1 is 1.60 bits per heavy atom. The summed E-state index contributed by atoms with van der Waals surface area (Å²) >= 11 is 1.22. The predicted octanol–water partition coefficient (Wildman–Crippen LogP) is 1.12. The zero-order chi connectivity index (χ0) is 10.8. The van der Waals surface area contributed by atoms with E-state index < -0.39 is 0 Å². The fourth-order valence-electron chi connectivity index (χ4n) is 1.18. The van der Waals surface area contributed by atoms with Gasteiger partial charge in [-0.3, -0.25) is 9.48 Å². The standard InChI is InChI=1S/C9H9N3O2S/c1-12-6(3-4-11-12)8(13)7-5-10-9(14-2)15-7/h3-5H,1-2H3. The monoisotopic (exact) mass is 223 g/mol. The summed E-state index contributed by atoms with van der Waals surface area (Å²) in [5, 5.41) is 4.43. The van der Waals surface area contributed by atoms with Crippen LogP contribution in [0.4, 0.5) is 0 Å². The van der Waals surface area contributed by atoms with Crippen LogP contribution in [0.1, 0.15) is 15.4 Å². The molecule has 2 heterocycles. The van der Waals surface area contributed by atoms with Crippen molar-refractivity contribution in [2.24, 2.45) is 7.05 Å². The predicted molar refractivity (Wildman–Crippen MR) is 55.3 cm³/mol. The van der Waals surface area contributed by atoms with Gasteiger partial charge in [-0.15, -0.1) is 0 Å². The lowest BCUT2D eigenvalue weighted by Gasteiger charge is -1.96. The fraction of sp³-hybridized carbons (Fsp3) is 0.222. The molecule has 0 bridgehead atoms. The lowest BCUT2D eigenvalue weighted by atomic mass is 10.2. The highest BCUT2D eigenvalue weighted by molar-refractivity contribution is 7.15. The normalized spacial score (nSPS) is 10.3. The van der Waals surface area contributed by atoms with Gasteiger partial charge < -0.3 is 4.74 Å². The van der Waals surface area contributed by atoms with Crippen LogP contribution >= 0.6 is 11.3 Å². The average molecular weight is 223 g/mol. The van der Waals surface area contributed by atoms with Crippen LogP contribution < -0.4 is 4.74 Å². The van der Waals surface area contributed by atoms with Gasteiger partial charge >= 0.3 is 0 Å². The smallest absolute Gasteiger partial charge is 0.273 e. The van der Waals surface area contributed by atoms with Crippen molar-refractivity contribution in [3.05, 3.63) is 29.0 Å². The van der Waals surface area contributed by atoms with Gasteiger partial charge in [0, 0.05) is 13.2 Å². The third kappa shape index (κ3) is 1.75. The maximum absolute atomic E-state index is 11.9. The number of rotatable bonds is 3. The summed E-state index contributed by atoms with van der Waals surface area (Å²) in [7, 11) is 3.25. The Labute approximate surface area is 90.3 Å². The Morgan fingerprint density at radius 3 is 2.93 bits per heavy atom. The second-order valence-corrected chi connectivity index (χ2v) is 3.86. The van der Waals surface area contributed by atoms with Crippen LogP contribution in [0.25, 0.3) is 0 Å². The molecule has 78 valence electrons. The molecule has 0 saturated carbocycles. The summed E-state index contributed by atoms with van der Waals surface area (Å²) in [6, 6.07) is 1.68. The zero-order valence-corrected chi connectivity index (χ0v) is 9.11. The molecule has 2 aromatic rings. The molecule has 0 spiro atoms. The van der Waals surface area contributed by atoms with Gasteiger partial charge in [0.25, 0.3) is 5.19 Å². The number of thiazole rings is 1. The fourth-order valence-corrected chi connectivity index (χ4v) is 1.86. The van der Waals surface area contributed by atoms with E-state index in [0.29, 0.717) is 15.8 Å². The lowest BCUT2D eigenvalue weighted by Crippen LogP contribution is -2.06. The van der Waals surface area contributed by atoms with Gasteiger partial charge in [0.15, 0.2) is 0 Å². The van der Waals surface area contributed by atoms with Crippen LogP contribution in [0.2, 0.25) is 0 Å². The minimum Gasteiger partial charge on any atom is -0.473 e. The van der Waals surface area contributed by atoms with Crippen molar-refractivity contribution in [3.63, 3.8) is 0 Å². The molecule has 0 aliphatic carbocycles. The van der Waals surface area contributed by atoms with Crippen molar-refractivity contribution >= 4 is 17.1 Å². The molecule has 0 unspecified atom stereocenters. The maximum atomic E-state index is 11.9. The van der Waals surface area contributed by atoms with Gasteiger partial charge in [-0.1, -0.05) is 11.3 Å². The van der Waals surface area contributed by atoms with Crippen LogP contribution in [0, 0.1) is 0 Å². The number of hydrogen-bond donors (Lipinski definition) is 0. The highest BCUT2D eigenvalue weighted by atomic mass is 32.1. The summed E-state index contributed by atoms with van der Waals surface area (Å²) in [5.41, 5.74) is 0.543. The molecule has 0 aliphatic heterocycles. The molecular weight excluding hydrogens is 214 g/mol. The summed E-state index contributed by atoms with van der Waals surface area (Å²) in [5.74, 6) is -0.0872. The Hall–Kier alpha value is -1.69. The van der Waals surface area contributed by atoms with E-state index in [0.717, 1.165) is 0 Å². The van der Waals surface area contributed by atoms with Gasteiger partial charge in [0.2, 0.25) is 5.78 Å². The largest absolute Gasteiger partial charge is 0.473 e. The van der Waals surface area contributed by atoms with Crippen LogP contribution in [-0.4, -0.2) is 27.7 Å². The second-order valence-electron chi connectivity index (χ2n) is 2.86. The first-order valence-corrected chi connectivity index (χ1v) is 5.06. The van der Waals surface area contributed by atoms with E-state index in [1.807, 2.05) is 0 Å². The third-order valence-electron chi connectivity index (χ3n) is 1.94. The molecule has 0 amide bonds. The van der Waals surface area contributed by atoms with E-state index >= 15 is 0 Å². The second kappa shape index (κ2) is 3.82. The first-order valence-electron chi connectivity index (χ1n) is 4.25. The minimum atomic E-state index is -0.0872. The molecule has 0 fully saturated rings. The third-order valence-corrected chi connectivity index (χ3v) is 2.89. The van der Waals surface area contributed by atoms with E-state index in [4.69, 9.17) is 4.74 Å². The van der Waals surface area contributed by atoms with Crippen molar-refractivity contribution in [3.8, 4) is 5.19 Å². The number of aromatic nitrogens is 3. The molecule has 15 heavy (non-hydrogen) atoms. The first kappa shape index (κ1) is 9.85. The van der Waals surface area contributed by atoms with E-state index in [1.54, 1.807) is 19.3 Å². The zero-order valence-electron chi connectivity index (χ0n) is 8.30. The number of methoxy groups -OCH3 is 1. The number of carbonyl (C=O) groups excluding carboxylic acids is 1. The molecule has 0 aromatic carbocycles. The molecule has 0 atom stereocenters. The van der Waals surface area contributed by atoms with Crippen LogP contribution in [0.3, 0.4) is 0 Å². The van der Waals surface area contributed by atoms with Gasteiger partial charge in [0.05, 0.1) is 13.3 Å². The van der Waals surface area contributed by atoms with Crippen LogP contribution in [0.5, 0.6) is 5.19 Å². The number of carbonyl (C=O) groups is 1. The van der Waals surface area contributed by atoms with E-state index in [9.17, 15) is 4.79 Å². The molecule has 0 aliphatic rings. The molecule has 5 nitrogen and oxygen atoms in total. The molecule has 0 N–H and O–H groups in total. The lowest BCUT2D eigenvalue weighted by molar-refractivity contribution is 0.103. The number of ketones is 1. The van der Waals surface area contributed by atoms with Crippen molar-refractivity contribution in [1.82, 2.24) is 14.8 Å². The van der Waals surface area contributed by atoms with E-state index in [1.165, 1.54) is 29.3 Å². The molecule has 2 rings (SSSR count). The molecule has 2 aromatic heterocycles. The first-order chi connectivity index (χ1) is 7.22. The Morgan fingerprint density at radius 2 is 2.40 bits per heavy atom. The van der Waals surface area contributed by atoms with E-state index in [2.05, 4.69) is 10.1 Å². The Bertz CT molecular complexity index is 489. The van der Waals surface area contributed by atoms with E-state index in [-0.39, 0.29) is 5.78 Å². The summed E-state index contributed by atoms with van der Waals surface area (Å²) in [6.07, 6.45) is 3.10. The quantitative estimate of drug-likeness (QED) is 0.731.